The van der Waals surface area contributed by atoms with Crippen LogP contribution in [0.5, 0.6) is 11.5 Å². The van der Waals surface area contributed by atoms with Gasteiger partial charge in [-0.15, -0.1) is 0 Å². The molecule has 1 N–H and O–H groups in total. The predicted octanol–water partition coefficient (Wildman–Crippen LogP) is 5.89. The van der Waals surface area contributed by atoms with Crippen LogP contribution in [0.15, 0.2) is 34.8 Å². The highest BCUT2D eigenvalue weighted by Crippen LogP contribution is 2.37. The fourth-order valence-corrected chi connectivity index (χ4v) is 4.73. The Morgan fingerprint density at radius 2 is 1.78 bits per heavy atom. The van der Waals surface area contributed by atoms with Gasteiger partial charge in [-0.3, -0.25) is 4.79 Å². The van der Waals surface area contributed by atoms with Crippen LogP contribution in [0, 0.1) is 19.8 Å². The minimum atomic E-state index is -0.230. The van der Waals surface area contributed by atoms with Crippen molar-refractivity contribution in [2.24, 2.45) is 5.92 Å². The number of piperidine rings is 1. The van der Waals surface area contributed by atoms with Gasteiger partial charge in [0.25, 0.3) is 5.91 Å². The maximum atomic E-state index is 12.5. The molecular formula is C25H31BrN2O3S. The zero-order valence-electron chi connectivity index (χ0n) is 19.2. The summed E-state index contributed by atoms with van der Waals surface area (Å²) in [5.74, 6) is 1.59. The third-order valence-electron chi connectivity index (χ3n) is 5.48. The number of aryl methyl sites for hydroxylation is 2. The number of anilines is 1. The number of benzene rings is 2. The molecule has 0 aliphatic carbocycles. The number of likely N-dealkylation sites (tertiary alicyclic amines) is 1. The highest BCUT2D eigenvalue weighted by molar-refractivity contribution is 9.10. The summed E-state index contributed by atoms with van der Waals surface area (Å²) in [5.41, 5.74) is 3.86. The average Bonchev–Trinajstić information content (AvgIpc) is 2.72. The van der Waals surface area contributed by atoms with Crippen molar-refractivity contribution < 1.29 is 14.3 Å². The van der Waals surface area contributed by atoms with Crippen LogP contribution < -0.4 is 14.8 Å². The molecule has 1 saturated heterocycles. The summed E-state index contributed by atoms with van der Waals surface area (Å²) in [6, 6.07) is 9.78. The molecule has 172 valence electrons. The SMILES string of the molecule is CCOc1cc(C(=S)N2CCC(C)CC2)cc(Br)c1OCC(=O)Nc1cc(C)cc(C)c1. The predicted molar refractivity (Wildman–Crippen MR) is 137 cm³/mol. The van der Waals surface area contributed by atoms with Crippen LogP contribution in [0.25, 0.3) is 0 Å². The van der Waals surface area contributed by atoms with Gasteiger partial charge in [0.15, 0.2) is 18.1 Å². The number of nitrogens with zero attached hydrogens (tertiary/aromatic N) is 1. The Morgan fingerprint density at radius 1 is 1.12 bits per heavy atom. The van der Waals surface area contributed by atoms with Gasteiger partial charge in [-0.1, -0.05) is 25.2 Å². The van der Waals surface area contributed by atoms with Crippen LogP contribution in [0.4, 0.5) is 5.69 Å². The average molecular weight is 520 g/mol. The summed E-state index contributed by atoms with van der Waals surface area (Å²) >= 11 is 9.36. The van der Waals surface area contributed by atoms with E-state index < -0.39 is 0 Å². The first-order valence-corrected chi connectivity index (χ1v) is 12.2. The van der Waals surface area contributed by atoms with Crippen LogP contribution in [-0.4, -0.2) is 42.1 Å². The van der Waals surface area contributed by atoms with Crippen LogP contribution in [0.3, 0.4) is 0 Å². The van der Waals surface area contributed by atoms with Crippen molar-refractivity contribution in [1.82, 2.24) is 4.90 Å². The lowest BCUT2D eigenvalue weighted by Gasteiger charge is -2.32. The molecule has 0 unspecified atom stereocenters. The molecule has 0 radical (unpaired) electrons. The molecule has 32 heavy (non-hydrogen) atoms. The van der Waals surface area contributed by atoms with E-state index in [9.17, 15) is 4.79 Å². The van der Waals surface area contributed by atoms with E-state index in [0.717, 1.165) is 59.2 Å². The second-order valence-corrected chi connectivity index (χ2v) is 9.65. The lowest BCUT2D eigenvalue weighted by Crippen LogP contribution is -2.37. The monoisotopic (exact) mass is 518 g/mol. The second kappa shape index (κ2) is 11.1. The Kier molecular flexibility index (Phi) is 8.54. The highest BCUT2D eigenvalue weighted by Gasteiger charge is 2.22. The van der Waals surface area contributed by atoms with Crippen LogP contribution in [-0.2, 0) is 4.79 Å². The molecule has 1 aliphatic rings. The Hall–Kier alpha value is -2.12. The van der Waals surface area contributed by atoms with E-state index >= 15 is 0 Å². The van der Waals surface area contributed by atoms with Crippen LogP contribution in [0.2, 0.25) is 0 Å². The van der Waals surface area contributed by atoms with Crippen molar-refractivity contribution in [2.45, 2.75) is 40.5 Å². The molecule has 1 aliphatic heterocycles. The second-order valence-electron chi connectivity index (χ2n) is 8.41. The van der Waals surface area contributed by atoms with E-state index in [4.69, 9.17) is 21.7 Å². The minimum absolute atomic E-state index is 0.126. The quantitative estimate of drug-likeness (QED) is 0.463. The first kappa shape index (κ1) is 24.5. The normalized spacial score (nSPS) is 14.2. The summed E-state index contributed by atoms with van der Waals surface area (Å²) in [5, 5.41) is 2.89. The topological polar surface area (TPSA) is 50.8 Å². The smallest absolute Gasteiger partial charge is 0.262 e. The molecular weight excluding hydrogens is 488 g/mol. The van der Waals surface area contributed by atoms with Crippen molar-refractivity contribution in [3.8, 4) is 11.5 Å². The van der Waals surface area contributed by atoms with Gasteiger partial charge < -0.3 is 19.7 Å². The summed E-state index contributed by atoms with van der Waals surface area (Å²) in [4.78, 5) is 15.5. The van der Waals surface area contributed by atoms with Gasteiger partial charge in [-0.25, -0.2) is 0 Å². The van der Waals surface area contributed by atoms with E-state index in [1.54, 1.807) is 0 Å². The molecule has 1 fully saturated rings. The third kappa shape index (κ3) is 6.45. The number of nitrogens with one attached hydrogen (secondary N) is 1. The van der Waals surface area contributed by atoms with E-state index in [2.05, 4.69) is 39.1 Å². The zero-order valence-corrected chi connectivity index (χ0v) is 21.6. The van der Waals surface area contributed by atoms with Gasteiger partial charge in [0.2, 0.25) is 0 Å². The number of halogens is 1. The zero-order chi connectivity index (χ0) is 23.3. The largest absolute Gasteiger partial charge is 0.490 e. The molecule has 1 amide bonds. The molecule has 0 spiro atoms. The van der Waals surface area contributed by atoms with E-state index in [1.165, 1.54) is 0 Å². The number of carbonyl (C=O) groups excluding carboxylic acids is 1. The number of hydrogen-bond donors (Lipinski definition) is 1. The van der Waals surface area contributed by atoms with E-state index in [0.29, 0.717) is 22.6 Å². The fraction of sp³-hybridized carbons (Fsp3) is 0.440. The third-order valence-corrected chi connectivity index (χ3v) is 6.56. The van der Waals surface area contributed by atoms with Crippen LogP contribution in [0.1, 0.15) is 43.4 Å². The van der Waals surface area contributed by atoms with Crippen LogP contribution >= 0.6 is 28.1 Å². The lowest BCUT2D eigenvalue weighted by molar-refractivity contribution is -0.118. The van der Waals surface area contributed by atoms with E-state index in [-0.39, 0.29) is 12.5 Å². The molecule has 0 bridgehead atoms. The first-order chi connectivity index (χ1) is 15.3. The van der Waals surface area contributed by atoms with Crippen molar-refractivity contribution in [3.63, 3.8) is 0 Å². The van der Waals surface area contributed by atoms with E-state index in [1.807, 2.05) is 45.0 Å². The number of hydrogen-bond acceptors (Lipinski definition) is 4. The standard InChI is InChI=1S/C25H31BrN2O3S/c1-5-30-22-14-19(25(32)28-8-6-16(2)7-9-28)13-21(26)24(22)31-15-23(29)27-20-11-17(3)10-18(4)12-20/h10-14,16H,5-9,15H2,1-4H3,(H,27,29). The molecule has 5 nitrogen and oxygen atoms in total. The Balaban J connectivity index is 1.71. The minimum Gasteiger partial charge on any atom is -0.490 e. The summed E-state index contributed by atoms with van der Waals surface area (Å²) in [7, 11) is 0. The summed E-state index contributed by atoms with van der Waals surface area (Å²) in [6.07, 6.45) is 2.30. The maximum absolute atomic E-state index is 12.5. The van der Waals surface area contributed by atoms with Gasteiger partial charge in [-0.05, 0) is 90.9 Å². The van der Waals surface area contributed by atoms with Gasteiger partial charge in [0.1, 0.15) is 4.99 Å². The first-order valence-electron chi connectivity index (χ1n) is 11.0. The molecule has 0 atom stereocenters. The number of amides is 1. The number of carbonyl (C=O) groups is 1. The Labute approximate surface area is 204 Å². The number of rotatable bonds is 7. The van der Waals surface area contributed by atoms with Crippen molar-refractivity contribution in [2.75, 3.05) is 31.6 Å². The van der Waals surface area contributed by atoms with Crippen molar-refractivity contribution >= 4 is 44.7 Å². The number of ether oxygens (including phenoxy) is 2. The molecule has 2 aromatic carbocycles. The molecule has 2 aromatic rings. The fourth-order valence-electron chi connectivity index (χ4n) is 3.87. The maximum Gasteiger partial charge on any atom is 0.262 e. The molecule has 0 saturated carbocycles. The van der Waals surface area contributed by atoms with Gasteiger partial charge in [0.05, 0.1) is 11.1 Å². The highest BCUT2D eigenvalue weighted by atomic mass is 79.9. The Morgan fingerprint density at radius 3 is 2.41 bits per heavy atom. The number of thiocarbonyl (C=S) groups is 1. The molecule has 0 aromatic heterocycles. The van der Waals surface area contributed by atoms with Crippen molar-refractivity contribution in [3.05, 3.63) is 51.5 Å². The lowest BCUT2D eigenvalue weighted by atomic mass is 9.99. The molecule has 1 heterocycles. The van der Waals surface area contributed by atoms with Gasteiger partial charge in [0, 0.05) is 24.3 Å². The molecule has 3 rings (SSSR count). The summed E-state index contributed by atoms with van der Waals surface area (Å²) in [6.45, 7) is 10.5. The van der Waals surface area contributed by atoms with Gasteiger partial charge >= 0.3 is 0 Å². The van der Waals surface area contributed by atoms with Crippen molar-refractivity contribution in [1.29, 1.82) is 0 Å². The summed E-state index contributed by atoms with van der Waals surface area (Å²) < 4.78 is 12.4. The molecule has 7 heteroatoms. The van der Waals surface area contributed by atoms with Gasteiger partial charge in [-0.2, -0.15) is 0 Å². The Bertz CT molecular complexity index is 967.